The van der Waals surface area contributed by atoms with Crippen molar-refractivity contribution in [3.8, 4) is 5.75 Å². The first-order chi connectivity index (χ1) is 15.2. The maximum atomic E-state index is 13.1. The molecule has 0 N–H and O–H groups in total. The van der Waals surface area contributed by atoms with Gasteiger partial charge in [-0.25, -0.2) is 13.4 Å². The van der Waals surface area contributed by atoms with Gasteiger partial charge in [-0.3, -0.25) is 9.69 Å². The van der Waals surface area contributed by atoms with Crippen molar-refractivity contribution in [3.05, 3.63) is 47.5 Å². The molecule has 0 unspecified atom stereocenters. The van der Waals surface area contributed by atoms with Gasteiger partial charge in [0, 0.05) is 24.5 Å². The largest absolute Gasteiger partial charge is 0.494 e. The van der Waals surface area contributed by atoms with E-state index in [9.17, 15) is 13.2 Å². The molecule has 32 heavy (non-hydrogen) atoms. The number of hydrogen-bond donors (Lipinski definition) is 0. The molecule has 10 heteroatoms. The van der Waals surface area contributed by atoms with Gasteiger partial charge in [0.2, 0.25) is 5.91 Å². The monoisotopic (exact) mass is 495 g/mol. The highest BCUT2D eigenvalue weighted by molar-refractivity contribution is 7.91. The van der Waals surface area contributed by atoms with Gasteiger partial charge >= 0.3 is 0 Å². The summed E-state index contributed by atoms with van der Waals surface area (Å²) in [5.74, 6) is 0.176. The first kappa shape index (κ1) is 24.4. The smallest absolute Gasteiger partial charge is 0.229 e. The van der Waals surface area contributed by atoms with Crippen LogP contribution in [0.3, 0.4) is 0 Å². The van der Waals surface area contributed by atoms with Crippen LogP contribution in [0.2, 0.25) is 5.02 Å². The fourth-order valence-corrected chi connectivity index (χ4v) is 5.40. The molecular weight excluding hydrogens is 470 g/mol. The van der Waals surface area contributed by atoms with Crippen molar-refractivity contribution in [2.75, 3.05) is 44.4 Å². The molecule has 0 saturated heterocycles. The van der Waals surface area contributed by atoms with Crippen LogP contribution >= 0.6 is 22.9 Å². The van der Waals surface area contributed by atoms with Crippen LogP contribution < -0.4 is 9.64 Å². The zero-order valence-electron chi connectivity index (χ0n) is 18.2. The van der Waals surface area contributed by atoms with Crippen LogP contribution in [0, 0.1) is 0 Å². The number of aromatic nitrogens is 1. The van der Waals surface area contributed by atoms with E-state index in [1.807, 2.05) is 44.1 Å². The van der Waals surface area contributed by atoms with Crippen LogP contribution in [0.5, 0.6) is 5.75 Å². The number of benzene rings is 2. The molecule has 0 spiro atoms. The number of fused-ring (bicyclic) bond motifs is 1. The Balaban J connectivity index is 1.80. The van der Waals surface area contributed by atoms with Crippen molar-refractivity contribution in [3.63, 3.8) is 0 Å². The normalized spacial score (nSPS) is 11.8. The molecule has 0 saturated carbocycles. The summed E-state index contributed by atoms with van der Waals surface area (Å²) in [4.78, 5) is 21.4. The van der Waals surface area contributed by atoms with E-state index < -0.39 is 9.84 Å². The topological polar surface area (TPSA) is 79.8 Å². The summed E-state index contributed by atoms with van der Waals surface area (Å²) in [5, 5.41) is 1.00. The van der Waals surface area contributed by atoms with Crippen molar-refractivity contribution in [2.24, 2.45) is 0 Å². The Morgan fingerprint density at radius 3 is 2.50 bits per heavy atom. The second kappa shape index (κ2) is 10.6. The standard InChI is InChI=1S/C22H26ClN3O4S2/c1-4-30-17-7-10-19-20(15-17)31-22(24-19)26(13-12-25(2)3)21(27)11-14-32(28,29)18-8-5-16(23)6-9-18/h5-10,15H,4,11-14H2,1-3H3. The summed E-state index contributed by atoms with van der Waals surface area (Å²) in [6.07, 6.45) is -0.140. The lowest BCUT2D eigenvalue weighted by atomic mass is 10.3. The fraction of sp³-hybridized carbons (Fsp3) is 0.364. The molecule has 0 aliphatic carbocycles. The number of amides is 1. The Bertz CT molecular complexity index is 1180. The third kappa shape index (κ3) is 6.19. The Kier molecular flexibility index (Phi) is 8.10. The number of halogens is 1. The van der Waals surface area contributed by atoms with E-state index in [1.54, 1.807) is 4.90 Å². The molecule has 1 aromatic heterocycles. The SMILES string of the molecule is CCOc1ccc2nc(N(CCN(C)C)C(=O)CCS(=O)(=O)c3ccc(Cl)cc3)sc2c1. The maximum Gasteiger partial charge on any atom is 0.229 e. The Morgan fingerprint density at radius 1 is 1.12 bits per heavy atom. The molecule has 0 fully saturated rings. The number of rotatable bonds is 10. The first-order valence-electron chi connectivity index (χ1n) is 10.2. The second-order valence-corrected chi connectivity index (χ2v) is 11.0. The van der Waals surface area contributed by atoms with Crippen LogP contribution in [0.4, 0.5) is 5.13 Å². The van der Waals surface area contributed by atoms with Crippen molar-refractivity contribution in [1.29, 1.82) is 0 Å². The third-order valence-corrected chi connectivity index (χ3v) is 7.74. The summed E-state index contributed by atoms with van der Waals surface area (Å²) in [6.45, 7) is 3.51. The molecule has 1 heterocycles. The van der Waals surface area contributed by atoms with Crippen molar-refractivity contribution in [1.82, 2.24) is 9.88 Å². The van der Waals surface area contributed by atoms with Crippen LogP contribution in [0.25, 0.3) is 10.2 Å². The van der Waals surface area contributed by atoms with Gasteiger partial charge in [-0.15, -0.1) is 0 Å². The number of nitrogens with zero attached hydrogens (tertiary/aromatic N) is 3. The van der Waals surface area contributed by atoms with Gasteiger partial charge in [-0.1, -0.05) is 22.9 Å². The lowest BCUT2D eigenvalue weighted by molar-refractivity contribution is -0.118. The predicted octanol–water partition coefficient (Wildman–Crippen LogP) is 4.11. The molecule has 0 radical (unpaired) electrons. The molecule has 1 amide bonds. The lowest BCUT2D eigenvalue weighted by Gasteiger charge is -2.22. The number of likely N-dealkylation sites (N-methyl/N-ethyl adjacent to an activating group) is 1. The molecule has 0 bridgehead atoms. The number of hydrogen-bond acceptors (Lipinski definition) is 7. The molecule has 172 valence electrons. The van der Waals surface area contributed by atoms with Gasteiger partial charge in [0.25, 0.3) is 0 Å². The van der Waals surface area contributed by atoms with E-state index in [2.05, 4.69) is 4.98 Å². The van der Waals surface area contributed by atoms with E-state index >= 15 is 0 Å². The molecule has 3 rings (SSSR count). The molecular formula is C22H26ClN3O4S2. The van der Waals surface area contributed by atoms with Gasteiger partial charge in [-0.05, 0) is 63.5 Å². The van der Waals surface area contributed by atoms with E-state index in [4.69, 9.17) is 16.3 Å². The number of anilines is 1. The Labute approximate surface area is 197 Å². The summed E-state index contributed by atoms with van der Waals surface area (Å²) in [7, 11) is 0.228. The predicted molar refractivity (Wildman–Crippen MR) is 130 cm³/mol. The molecule has 0 aliphatic heterocycles. The van der Waals surface area contributed by atoms with Crippen LogP contribution in [-0.4, -0.2) is 63.8 Å². The van der Waals surface area contributed by atoms with Crippen molar-refractivity contribution >= 4 is 54.0 Å². The Hall–Kier alpha value is -2.20. The highest BCUT2D eigenvalue weighted by Gasteiger charge is 2.23. The number of sulfone groups is 1. The van der Waals surface area contributed by atoms with E-state index in [0.29, 0.717) is 29.9 Å². The van der Waals surface area contributed by atoms with E-state index in [-0.39, 0.29) is 23.0 Å². The van der Waals surface area contributed by atoms with Gasteiger partial charge < -0.3 is 9.64 Å². The average Bonchev–Trinajstić information content (AvgIpc) is 3.16. The quantitative estimate of drug-likeness (QED) is 0.421. The zero-order valence-corrected chi connectivity index (χ0v) is 20.6. The summed E-state index contributed by atoms with van der Waals surface area (Å²) < 4.78 is 31.8. The highest BCUT2D eigenvalue weighted by atomic mass is 35.5. The van der Waals surface area contributed by atoms with Crippen LogP contribution in [-0.2, 0) is 14.6 Å². The molecule has 7 nitrogen and oxygen atoms in total. The fourth-order valence-electron chi connectivity index (χ4n) is 3.01. The minimum Gasteiger partial charge on any atom is -0.494 e. The molecule has 3 aromatic rings. The minimum atomic E-state index is -3.61. The third-order valence-electron chi connectivity index (χ3n) is 4.72. The van der Waals surface area contributed by atoms with Crippen LogP contribution in [0.1, 0.15) is 13.3 Å². The average molecular weight is 496 g/mol. The number of ether oxygens (including phenoxy) is 1. The van der Waals surface area contributed by atoms with Crippen LogP contribution in [0.15, 0.2) is 47.4 Å². The van der Waals surface area contributed by atoms with Gasteiger partial charge in [0.15, 0.2) is 15.0 Å². The van der Waals surface area contributed by atoms with E-state index in [0.717, 1.165) is 16.0 Å². The zero-order chi connectivity index (χ0) is 23.3. The minimum absolute atomic E-state index is 0.140. The maximum absolute atomic E-state index is 13.1. The van der Waals surface area contributed by atoms with Crippen molar-refractivity contribution in [2.45, 2.75) is 18.2 Å². The lowest BCUT2D eigenvalue weighted by Crippen LogP contribution is -2.37. The van der Waals surface area contributed by atoms with Gasteiger partial charge in [0.1, 0.15) is 5.75 Å². The van der Waals surface area contributed by atoms with Gasteiger partial charge in [-0.2, -0.15) is 0 Å². The van der Waals surface area contributed by atoms with Crippen molar-refractivity contribution < 1.29 is 17.9 Å². The number of carbonyl (C=O) groups is 1. The summed E-state index contributed by atoms with van der Waals surface area (Å²) >= 11 is 7.23. The summed E-state index contributed by atoms with van der Waals surface area (Å²) in [6, 6.07) is 11.6. The van der Waals surface area contributed by atoms with Gasteiger partial charge in [0.05, 0.1) is 27.5 Å². The Morgan fingerprint density at radius 2 is 1.84 bits per heavy atom. The number of thiazole rings is 1. The highest BCUT2D eigenvalue weighted by Crippen LogP contribution is 2.32. The molecule has 2 aromatic carbocycles. The first-order valence-corrected chi connectivity index (χ1v) is 13.0. The molecule has 0 aliphatic rings. The number of carbonyl (C=O) groups excluding carboxylic acids is 1. The summed E-state index contributed by atoms with van der Waals surface area (Å²) in [5.41, 5.74) is 0.768. The molecule has 0 atom stereocenters. The second-order valence-electron chi connectivity index (χ2n) is 7.43. The van der Waals surface area contributed by atoms with E-state index in [1.165, 1.54) is 35.6 Å².